The minimum atomic E-state index is -0.517. The summed E-state index contributed by atoms with van der Waals surface area (Å²) >= 11 is 0. The molecule has 120 valence electrons. The third-order valence-corrected chi connectivity index (χ3v) is 3.52. The van der Waals surface area contributed by atoms with E-state index in [-0.39, 0.29) is 29.4 Å². The monoisotopic (exact) mass is 316 g/mol. The predicted molar refractivity (Wildman–Crippen MR) is 84.5 cm³/mol. The van der Waals surface area contributed by atoms with E-state index >= 15 is 0 Å². The number of hydrogen-bond donors (Lipinski definition) is 1. The standard InChI is InChI=1S/C17H17FN2O3/c1-11(2)16(12-3-7-14(18)8-4-12)19-17(21)13-5-9-15(10-6-13)20(22)23/h3-11,16H,1-2H3,(H,19,21)/t16-/m1/s1. The van der Waals surface area contributed by atoms with E-state index in [1.54, 1.807) is 12.1 Å². The van der Waals surface area contributed by atoms with E-state index in [1.165, 1.54) is 36.4 Å². The molecule has 0 spiro atoms. The van der Waals surface area contributed by atoms with Crippen LogP contribution in [0.1, 0.15) is 35.8 Å². The number of hydrogen-bond acceptors (Lipinski definition) is 3. The molecule has 1 atom stereocenters. The molecule has 0 heterocycles. The number of nitro groups is 1. The molecule has 2 aromatic carbocycles. The minimum Gasteiger partial charge on any atom is -0.345 e. The lowest BCUT2D eigenvalue weighted by Crippen LogP contribution is -2.31. The van der Waals surface area contributed by atoms with Crippen molar-refractivity contribution in [3.63, 3.8) is 0 Å². The van der Waals surface area contributed by atoms with Gasteiger partial charge in [0, 0.05) is 17.7 Å². The molecule has 1 N–H and O–H groups in total. The van der Waals surface area contributed by atoms with Gasteiger partial charge in [0.15, 0.2) is 0 Å². The maximum absolute atomic E-state index is 13.0. The zero-order chi connectivity index (χ0) is 17.0. The molecule has 0 unspecified atom stereocenters. The lowest BCUT2D eigenvalue weighted by molar-refractivity contribution is -0.384. The molecule has 0 saturated heterocycles. The Morgan fingerprint density at radius 1 is 1.09 bits per heavy atom. The van der Waals surface area contributed by atoms with Crippen molar-refractivity contribution in [3.05, 3.63) is 75.6 Å². The second kappa shape index (κ2) is 7.00. The van der Waals surface area contributed by atoms with Crippen LogP contribution in [-0.2, 0) is 0 Å². The summed E-state index contributed by atoms with van der Waals surface area (Å²) in [6, 6.07) is 11.1. The Morgan fingerprint density at radius 2 is 1.65 bits per heavy atom. The number of carbonyl (C=O) groups excluding carboxylic acids is 1. The molecule has 2 aromatic rings. The highest BCUT2D eigenvalue weighted by molar-refractivity contribution is 5.94. The molecule has 0 radical (unpaired) electrons. The van der Waals surface area contributed by atoms with Crippen LogP contribution in [0.2, 0.25) is 0 Å². The molecular weight excluding hydrogens is 299 g/mol. The number of non-ortho nitro benzene ring substituents is 1. The molecule has 0 bridgehead atoms. The first-order valence-electron chi connectivity index (χ1n) is 7.19. The van der Waals surface area contributed by atoms with Gasteiger partial charge in [-0.25, -0.2) is 4.39 Å². The number of nitrogens with one attached hydrogen (secondary N) is 1. The van der Waals surface area contributed by atoms with Crippen LogP contribution < -0.4 is 5.32 Å². The van der Waals surface area contributed by atoms with Gasteiger partial charge in [-0.2, -0.15) is 0 Å². The normalized spacial score (nSPS) is 12.0. The van der Waals surface area contributed by atoms with Crippen LogP contribution in [-0.4, -0.2) is 10.8 Å². The summed E-state index contributed by atoms with van der Waals surface area (Å²) in [5.41, 5.74) is 1.07. The smallest absolute Gasteiger partial charge is 0.269 e. The first kappa shape index (κ1) is 16.6. The lowest BCUT2D eigenvalue weighted by Gasteiger charge is -2.23. The Morgan fingerprint density at radius 3 is 2.13 bits per heavy atom. The van der Waals surface area contributed by atoms with Crippen LogP contribution in [0.5, 0.6) is 0 Å². The van der Waals surface area contributed by atoms with Crippen LogP contribution in [0.4, 0.5) is 10.1 Å². The second-order valence-electron chi connectivity index (χ2n) is 5.55. The molecular formula is C17H17FN2O3. The maximum Gasteiger partial charge on any atom is 0.269 e. The van der Waals surface area contributed by atoms with Gasteiger partial charge < -0.3 is 5.32 Å². The van der Waals surface area contributed by atoms with Gasteiger partial charge in [-0.1, -0.05) is 26.0 Å². The highest BCUT2D eigenvalue weighted by Gasteiger charge is 2.19. The van der Waals surface area contributed by atoms with Crippen LogP contribution in [0.3, 0.4) is 0 Å². The lowest BCUT2D eigenvalue weighted by atomic mass is 9.95. The maximum atomic E-state index is 13.0. The van der Waals surface area contributed by atoms with Gasteiger partial charge >= 0.3 is 0 Å². The van der Waals surface area contributed by atoms with Gasteiger partial charge in [-0.15, -0.1) is 0 Å². The molecule has 0 fully saturated rings. The molecule has 5 nitrogen and oxygen atoms in total. The van der Waals surface area contributed by atoms with Crippen molar-refractivity contribution in [2.75, 3.05) is 0 Å². The number of benzene rings is 2. The van der Waals surface area contributed by atoms with Gasteiger partial charge in [0.25, 0.3) is 11.6 Å². The number of halogens is 1. The fourth-order valence-electron chi connectivity index (χ4n) is 2.26. The molecule has 0 aliphatic heterocycles. The van der Waals surface area contributed by atoms with E-state index < -0.39 is 4.92 Å². The number of nitro benzene ring substituents is 1. The van der Waals surface area contributed by atoms with Crippen molar-refractivity contribution in [1.82, 2.24) is 5.32 Å². The number of carbonyl (C=O) groups is 1. The van der Waals surface area contributed by atoms with Crippen LogP contribution in [0.15, 0.2) is 48.5 Å². The van der Waals surface area contributed by atoms with Gasteiger partial charge in [0.2, 0.25) is 0 Å². The summed E-state index contributed by atoms with van der Waals surface area (Å²) in [5.74, 6) is -0.566. The van der Waals surface area contributed by atoms with Gasteiger partial charge in [-0.3, -0.25) is 14.9 Å². The number of amides is 1. The summed E-state index contributed by atoms with van der Waals surface area (Å²) in [6.45, 7) is 3.90. The van der Waals surface area contributed by atoms with E-state index in [0.717, 1.165) is 5.56 Å². The Balaban J connectivity index is 2.17. The SMILES string of the molecule is CC(C)[C@@H](NC(=O)c1ccc([N+](=O)[O-])cc1)c1ccc(F)cc1. The molecule has 0 aliphatic carbocycles. The van der Waals surface area contributed by atoms with E-state index in [0.29, 0.717) is 5.56 Å². The van der Waals surface area contributed by atoms with E-state index in [1.807, 2.05) is 13.8 Å². The van der Waals surface area contributed by atoms with Crippen LogP contribution in [0, 0.1) is 21.8 Å². The Labute approximate surface area is 133 Å². The second-order valence-corrected chi connectivity index (χ2v) is 5.55. The average molecular weight is 316 g/mol. The quantitative estimate of drug-likeness (QED) is 0.672. The van der Waals surface area contributed by atoms with Crippen molar-refractivity contribution in [2.24, 2.45) is 5.92 Å². The Kier molecular flexibility index (Phi) is 5.05. The molecule has 23 heavy (non-hydrogen) atoms. The van der Waals surface area contributed by atoms with Crippen molar-refractivity contribution >= 4 is 11.6 Å². The average Bonchev–Trinajstić information content (AvgIpc) is 2.53. The zero-order valence-electron chi connectivity index (χ0n) is 12.8. The van der Waals surface area contributed by atoms with Gasteiger partial charge in [0.1, 0.15) is 5.82 Å². The highest BCUT2D eigenvalue weighted by Crippen LogP contribution is 2.23. The highest BCUT2D eigenvalue weighted by atomic mass is 19.1. The fraction of sp³-hybridized carbons (Fsp3) is 0.235. The summed E-state index contributed by atoms with van der Waals surface area (Å²) < 4.78 is 13.0. The molecule has 0 aromatic heterocycles. The molecule has 6 heteroatoms. The largest absolute Gasteiger partial charge is 0.345 e. The molecule has 0 aliphatic rings. The minimum absolute atomic E-state index is 0.0690. The molecule has 0 saturated carbocycles. The topological polar surface area (TPSA) is 72.2 Å². The molecule has 2 rings (SSSR count). The van der Waals surface area contributed by atoms with E-state index in [2.05, 4.69) is 5.32 Å². The van der Waals surface area contributed by atoms with Crippen molar-refractivity contribution < 1.29 is 14.1 Å². The third kappa shape index (κ3) is 4.12. The van der Waals surface area contributed by atoms with Crippen molar-refractivity contribution in [2.45, 2.75) is 19.9 Å². The summed E-state index contributed by atoms with van der Waals surface area (Å²) in [6.07, 6.45) is 0. The first-order valence-corrected chi connectivity index (χ1v) is 7.19. The van der Waals surface area contributed by atoms with Crippen LogP contribution >= 0.6 is 0 Å². The number of rotatable bonds is 5. The molecule has 1 amide bonds. The summed E-state index contributed by atoms with van der Waals surface area (Å²) in [5, 5.41) is 13.5. The number of nitrogens with zero attached hydrogens (tertiary/aromatic N) is 1. The van der Waals surface area contributed by atoms with Crippen molar-refractivity contribution in [1.29, 1.82) is 0 Å². The van der Waals surface area contributed by atoms with Crippen molar-refractivity contribution in [3.8, 4) is 0 Å². The summed E-state index contributed by atoms with van der Waals surface area (Å²) in [4.78, 5) is 22.4. The van der Waals surface area contributed by atoms with Gasteiger partial charge in [0.05, 0.1) is 11.0 Å². The predicted octanol–water partition coefficient (Wildman–Crippen LogP) is 3.86. The fourth-order valence-corrected chi connectivity index (χ4v) is 2.26. The summed E-state index contributed by atoms with van der Waals surface area (Å²) in [7, 11) is 0. The van der Waals surface area contributed by atoms with Crippen LogP contribution in [0.25, 0.3) is 0 Å². The van der Waals surface area contributed by atoms with Gasteiger partial charge in [-0.05, 0) is 35.7 Å². The third-order valence-electron chi connectivity index (χ3n) is 3.52. The first-order chi connectivity index (χ1) is 10.9. The van der Waals surface area contributed by atoms with E-state index in [4.69, 9.17) is 0 Å². The zero-order valence-corrected chi connectivity index (χ0v) is 12.8. The van der Waals surface area contributed by atoms with E-state index in [9.17, 15) is 19.3 Å². The Hall–Kier alpha value is -2.76. The Bertz CT molecular complexity index is 697.